The Labute approximate surface area is 183 Å². The molecule has 0 heterocycles. The second kappa shape index (κ2) is 16.9. The highest BCUT2D eigenvalue weighted by Gasteiger charge is 2.18. The monoisotopic (exact) mass is 422 g/mol. The van der Waals surface area contributed by atoms with E-state index in [-0.39, 0.29) is 6.10 Å². The molecular weight excluding hydrogens is 380 g/mol. The largest absolute Gasteiger partial charge is 0.491 e. The molecular formula is C24H42N2O4. The van der Waals surface area contributed by atoms with E-state index in [0.717, 1.165) is 38.8 Å². The van der Waals surface area contributed by atoms with Crippen LogP contribution in [0.4, 0.5) is 10.5 Å². The lowest BCUT2D eigenvalue weighted by atomic mass is 10.2. The van der Waals surface area contributed by atoms with Gasteiger partial charge in [0, 0.05) is 13.2 Å². The van der Waals surface area contributed by atoms with Crippen LogP contribution >= 0.6 is 0 Å². The summed E-state index contributed by atoms with van der Waals surface area (Å²) in [5.41, 5.74) is 0.631. The number of amides is 1. The number of carbonyl (C=O) groups excluding carboxylic acids is 1. The number of likely N-dealkylation sites (N-methyl/N-ethyl adjacent to an activating group) is 1. The van der Waals surface area contributed by atoms with E-state index in [4.69, 9.17) is 14.2 Å². The molecule has 0 saturated carbocycles. The topological polar surface area (TPSA) is 60.0 Å². The fourth-order valence-electron chi connectivity index (χ4n) is 3.05. The van der Waals surface area contributed by atoms with Crippen LogP contribution in [0, 0.1) is 0 Å². The third kappa shape index (κ3) is 11.4. The highest BCUT2D eigenvalue weighted by molar-refractivity contribution is 5.86. The number of rotatable bonds is 17. The Hall–Kier alpha value is -1.79. The summed E-state index contributed by atoms with van der Waals surface area (Å²) in [4.78, 5) is 14.8. The van der Waals surface area contributed by atoms with Crippen molar-refractivity contribution in [3.05, 3.63) is 24.3 Å². The van der Waals surface area contributed by atoms with Crippen LogP contribution in [0.25, 0.3) is 0 Å². The Kier molecular flexibility index (Phi) is 14.8. The molecule has 172 valence electrons. The van der Waals surface area contributed by atoms with Gasteiger partial charge >= 0.3 is 6.09 Å². The Morgan fingerprint density at radius 3 is 2.40 bits per heavy atom. The molecule has 1 atom stereocenters. The van der Waals surface area contributed by atoms with E-state index in [0.29, 0.717) is 37.8 Å². The van der Waals surface area contributed by atoms with Crippen LogP contribution < -0.4 is 10.1 Å². The molecule has 0 fully saturated rings. The average molecular weight is 423 g/mol. The SMILES string of the molecule is CCCCCCOc1ccccc1NC(=O)OC(COCCCC)CN(CC)CC. The Balaban J connectivity index is 2.61. The van der Waals surface area contributed by atoms with Crippen LogP contribution in [-0.2, 0) is 9.47 Å². The Morgan fingerprint density at radius 1 is 0.967 bits per heavy atom. The van der Waals surface area contributed by atoms with Gasteiger partial charge in [0.25, 0.3) is 0 Å². The molecule has 0 aromatic heterocycles. The first-order valence-electron chi connectivity index (χ1n) is 11.6. The minimum Gasteiger partial charge on any atom is -0.491 e. The number of hydrogen-bond acceptors (Lipinski definition) is 5. The second-order valence-electron chi connectivity index (χ2n) is 7.47. The van der Waals surface area contributed by atoms with Crippen LogP contribution in [0.2, 0.25) is 0 Å². The summed E-state index contributed by atoms with van der Waals surface area (Å²) in [5.74, 6) is 0.672. The fourth-order valence-corrected chi connectivity index (χ4v) is 3.05. The zero-order chi connectivity index (χ0) is 22.0. The number of anilines is 1. The van der Waals surface area contributed by atoms with Crippen molar-refractivity contribution in [3.8, 4) is 5.75 Å². The quantitative estimate of drug-likeness (QED) is 0.325. The van der Waals surface area contributed by atoms with Gasteiger partial charge in [0.2, 0.25) is 0 Å². The predicted octanol–water partition coefficient (Wildman–Crippen LogP) is 5.72. The van der Waals surface area contributed by atoms with Gasteiger partial charge in [-0.15, -0.1) is 0 Å². The first kappa shape index (κ1) is 26.2. The van der Waals surface area contributed by atoms with Gasteiger partial charge in [-0.3, -0.25) is 5.32 Å². The molecule has 1 aromatic carbocycles. The van der Waals surface area contributed by atoms with Crippen molar-refractivity contribution < 1.29 is 19.0 Å². The lowest BCUT2D eigenvalue weighted by Gasteiger charge is -2.25. The summed E-state index contributed by atoms with van der Waals surface area (Å²) < 4.78 is 17.3. The van der Waals surface area contributed by atoms with E-state index in [2.05, 4.69) is 37.9 Å². The lowest BCUT2D eigenvalue weighted by molar-refractivity contribution is 0.00804. The number of unbranched alkanes of at least 4 members (excludes halogenated alkanes) is 4. The van der Waals surface area contributed by atoms with Crippen LogP contribution in [0.3, 0.4) is 0 Å². The van der Waals surface area contributed by atoms with Crippen LogP contribution in [0.5, 0.6) is 5.75 Å². The Bertz CT molecular complexity index is 564. The molecule has 0 radical (unpaired) electrons. The van der Waals surface area contributed by atoms with Gasteiger partial charge in [-0.1, -0.05) is 65.5 Å². The molecule has 0 saturated heterocycles. The minimum atomic E-state index is -0.478. The molecule has 1 amide bonds. The van der Waals surface area contributed by atoms with Crippen molar-refractivity contribution in [2.24, 2.45) is 0 Å². The van der Waals surface area contributed by atoms with Crippen LogP contribution in [-0.4, -0.2) is 56.6 Å². The molecule has 1 N–H and O–H groups in total. The smallest absolute Gasteiger partial charge is 0.412 e. The van der Waals surface area contributed by atoms with Crippen molar-refractivity contribution in [2.45, 2.75) is 72.3 Å². The van der Waals surface area contributed by atoms with Gasteiger partial charge in [0.1, 0.15) is 11.9 Å². The number of carbonyl (C=O) groups is 1. The number of ether oxygens (including phenoxy) is 3. The van der Waals surface area contributed by atoms with Crippen molar-refractivity contribution in [2.75, 3.05) is 44.8 Å². The standard InChI is InChI=1S/C24H42N2O4/c1-5-9-11-14-18-29-23-16-13-12-15-22(23)25-24(27)30-21(19-26(7-3)8-4)20-28-17-10-6-2/h12-13,15-16,21H,5-11,14,17-20H2,1-4H3,(H,25,27). The van der Waals surface area contributed by atoms with Gasteiger partial charge in [0.15, 0.2) is 0 Å². The van der Waals surface area contributed by atoms with Crippen molar-refractivity contribution in [1.82, 2.24) is 4.90 Å². The van der Waals surface area contributed by atoms with E-state index < -0.39 is 6.09 Å². The summed E-state index contributed by atoms with van der Waals surface area (Å²) in [5, 5.41) is 2.84. The zero-order valence-electron chi connectivity index (χ0n) is 19.5. The maximum absolute atomic E-state index is 12.6. The number of nitrogens with zero attached hydrogens (tertiary/aromatic N) is 1. The summed E-state index contributed by atoms with van der Waals surface area (Å²) in [7, 11) is 0. The molecule has 0 aliphatic rings. The molecule has 0 bridgehead atoms. The van der Waals surface area contributed by atoms with Gasteiger partial charge < -0.3 is 19.1 Å². The number of para-hydroxylation sites is 2. The van der Waals surface area contributed by atoms with Gasteiger partial charge in [0.05, 0.1) is 18.9 Å². The third-order valence-electron chi connectivity index (χ3n) is 4.96. The van der Waals surface area contributed by atoms with Gasteiger partial charge in [-0.2, -0.15) is 0 Å². The first-order chi connectivity index (χ1) is 14.6. The molecule has 1 unspecified atom stereocenters. The van der Waals surface area contributed by atoms with Crippen molar-refractivity contribution >= 4 is 11.8 Å². The molecule has 0 aliphatic heterocycles. The van der Waals surface area contributed by atoms with Crippen LogP contribution in [0.1, 0.15) is 66.2 Å². The second-order valence-corrected chi connectivity index (χ2v) is 7.47. The highest BCUT2D eigenvalue weighted by atomic mass is 16.6. The molecule has 1 aromatic rings. The maximum Gasteiger partial charge on any atom is 0.412 e. The molecule has 0 aliphatic carbocycles. The fraction of sp³-hybridized carbons (Fsp3) is 0.708. The van der Waals surface area contributed by atoms with Gasteiger partial charge in [-0.25, -0.2) is 4.79 Å². The molecule has 6 nitrogen and oxygen atoms in total. The normalized spacial score (nSPS) is 12.0. The van der Waals surface area contributed by atoms with Crippen LogP contribution in [0.15, 0.2) is 24.3 Å². The maximum atomic E-state index is 12.6. The minimum absolute atomic E-state index is 0.316. The Morgan fingerprint density at radius 2 is 1.70 bits per heavy atom. The van der Waals surface area contributed by atoms with E-state index in [1.807, 2.05) is 24.3 Å². The number of nitrogens with one attached hydrogen (secondary N) is 1. The van der Waals surface area contributed by atoms with E-state index in [9.17, 15) is 4.79 Å². The van der Waals surface area contributed by atoms with Crippen molar-refractivity contribution in [1.29, 1.82) is 0 Å². The average Bonchev–Trinajstić information content (AvgIpc) is 2.75. The molecule has 6 heteroatoms. The van der Waals surface area contributed by atoms with E-state index >= 15 is 0 Å². The van der Waals surface area contributed by atoms with E-state index in [1.54, 1.807) is 0 Å². The lowest BCUT2D eigenvalue weighted by Crippen LogP contribution is -2.38. The first-order valence-corrected chi connectivity index (χ1v) is 11.6. The zero-order valence-corrected chi connectivity index (χ0v) is 19.5. The molecule has 1 rings (SSSR count). The highest BCUT2D eigenvalue weighted by Crippen LogP contribution is 2.24. The summed E-state index contributed by atoms with van der Waals surface area (Å²) in [6.45, 7) is 12.7. The molecule has 30 heavy (non-hydrogen) atoms. The summed E-state index contributed by atoms with van der Waals surface area (Å²) in [6.07, 6.45) is 5.86. The number of benzene rings is 1. The summed E-state index contributed by atoms with van der Waals surface area (Å²) >= 11 is 0. The van der Waals surface area contributed by atoms with E-state index in [1.165, 1.54) is 12.8 Å². The van der Waals surface area contributed by atoms with Gasteiger partial charge in [-0.05, 0) is 38.1 Å². The molecule has 0 spiro atoms. The third-order valence-corrected chi connectivity index (χ3v) is 4.96. The summed E-state index contributed by atoms with van der Waals surface area (Å²) in [6, 6.07) is 7.49. The van der Waals surface area contributed by atoms with Crippen molar-refractivity contribution in [3.63, 3.8) is 0 Å². The number of hydrogen-bond donors (Lipinski definition) is 1. The predicted molar refractivity (Wildman–Crippen MR) is 123 cm³/mol.